The normalized spacial score (nSPS) is 10.4. The molecule has 0 aliphatic heterocycles. The lowest BCUT2D eigenvalue weighted by Gasteiger charge is -2.12. The van der Waals surface area contributed by atoms with Crippen molar-refractivity contribution in [2.75, 3.05) is 5.32 Å². The summed E-state index contributed by atoms with van der Waals surface area (Å²) in [6, 6.07) is 18.4. The van der Waals surface area contributed by atoms with Crippen LogP contribution in [0.15, 0.2) is 67.4 Å². The highest BCUT2D eigenvalue weighted by atomic mass is 14.9. The Kier molecular flexibility index (Phi) is 3.21. The highest BCUT2D eigenvalue weighted by molar-refractivity contribution is 5.94. The van der Waals surface area contributed by atoms with E-state index in [1.165, 1.54) is 5.56 Å². The Morgan fingerprint density at radius 2 is 1.75 bits per heavy atom. The van der Waals surface area contributed by atoms with Crippen LogP contribution in [-0.2, 0) is 0 Å². The van der Waals surface area contributed by atoms with Crippen LogP contribution in [0, 0.1) is 6.92 Å². The van der Waals surface area contributed by atoms with Gasteiger partial charge in [-0.3, -0.25) is 4.98 Å². The first-order valence-electron chi connectivity index (χ1n) is 6.61. The minimum Gasteiger partial charge on any atom is -0.354 e. The number of fused-ring (bicyclic) bond motifs is 1. The lowest BCUT2D eigenvalue weighted by Crippen LogP contribution is -1.98. The van der Waals surface area contributed by atoms with Crippen LogP contribution in [0.1, 0.15) is 11.1 Å². The van der Waals surface area contributed by atoms with E-state index in [0.717, 1.165) is 27.9 Å². The second-order valence-electron chi connectivity index (χ2n) is 4.85. The topological polar surface area (TPSA) is 24.9 Å². The number of aromatic nitrogens is 1. The monoisotopic (exact) mass is 260 g/mol. The Labute approximate surface area is 118 Å². The van der Waals surface area contributed by atoms with Gasteiger partial charge in [-0.15, -0.1) is 0 Å². The van der Waals surface area contributed by atoms with Crippen LogP contribution in [0.4, 0.5) is 5.69 Å². The lowest BCUT2D eigenvalue weighted by molar-refractivity contribution is 1.40. The van der Waals surface area contributed by atoms with Gasteiger partial charge in [0.05, 0.1) is 11.2 Å². The summed E-state index contributed by atoms with van der Waals surface area (Å²) in [6.07, 6.45) is 1.81. The van der Waals surface area contributed by atoms with E-state index in [1.54, 1.807) is 0 Å². The number of nitrogens with one attached hydrogen (secondary N) is 1. The van der Waals surface area contributed by atoms with Crippen LogP contribution in [0.2, 0.25) is 0 Å². The molecule has 0 spiro atoms. The summed E-state index contributed by atoms with van der Waals surface area (Å²) in [5.41, 5.74) is 5.15. The van der Waals surface area contributed by atoms with Crippen molar-refractivity contribution < 1.29 is 0 Å². The van der Waals surface area contributed by atoms with Gasteiger partial charge < -0.3 is 5.32 Å². The molecule has 20 heavy (non-hydrogen) atoms. The number of pyridine rings is 1. The van der Waals surface area contributed by atoms with Crippen molar-refractivity contribution in [3.05, 3.63) is 78.5 Å². The van der Waals surface area contributed by atoms with Gasteiger partial charge in [0.25, 0.3) is 0 Å². The summed E-state index contributed by atoms with van der Waals surface area (Å²) in [4.78, 5) is 4.44. The predicted octanol–water partition coefficient (Wildman–Crippen LogP) is 4.63. The van der Waals surface area contributed by atoms with Crippen molar-refractivity contribution in [3.63, 3.8) is 0 Å². The SMILES string of the molecule is C=C(Nc1cccc2cccnc12)c1ccc(C)cc1. The molecular weight excluding hydrogens is 244 g/mol. The average Bonchev–Trinajstić information content (AvgIpc) is 2.48. The maximum atomic E-state index is 4.44. The van der Waals surface area contributed by atoms with E-state index >= 15 is 0 Å². The van der Waals surface area contributed by atoms with Gasteiger partial charge >= 0.3 is 0 Å². The molecular formula is C18H16N2. The Morgan fingerprint density at radius 3 is 2.55 bits per heavy atom. The first-order valence-corrected chi connectivity index (χ1v) is 6.61. The molecule has 1 heterocycles. The summed E-state index contributed by atoms with van der Waals surface area (Å²) < 4.78 is 0. The van der Waals surface area contributed by atoms with Crippen molar-refractivity contribution in [2.45, 2.75) is 6.92 Å². The fourth-order valence-electron chi connectivity index (χ4n) is 2.19. The molecule has 0 radical (unpaired) electrons. The van der Waals surface area contributed by atoms with Crippen LogP contribution < -0.4 is 5.32 Å². The quantitative estimate of drug-likeness (QED) is 0.743. The highest BCUT2D eigenvalue weighted by Crippen LogP contribution is 2.24. The largest absolute Gasteiger partial charge is 0.354 e. The van der Waals surface area contributed by atoms with Crippen LogP contribution in [0.3, 0.4) is 0 Å². The molecule has 1 aromatic heterocycles. The average molecular weight is 260 g/mol. The van der Waals surface area contributed by atoms with E-state index < -0.39 is 0 Å². The zero-order valence-electron chi connectivity index (χ0n) is 11.4. The van der Waals surface area contributed by atoms with E-state index in [9.17, 15) is 0 Å². The Balaban J connectivity index is 1.93. The molecule has 0 aliphatic rings. The van der Waals surface area contributed by atoms with E-state index in [0.29, 0.717) is 0 Å². The number of hydrogen-bond donors (Lipinski definition) is 1. The summed E-state index contributed by atoms with van der Waals surface area (Å²) >= 11 is 0. The minimum atomic E-state index is 0.878. The third-order valence-electron chi connectivity index (χ3n) is 3.32. The van der Waals surface area contributed by atoms with Gasteiger partial charge in [-0.2, -0.15) is 0 Å². The Bertz CT molecular complexity index is 752. The molecule has 0 amide bonds. The molecule has 0 saturated carbocycles. The van der Waals surface area contributed by atoms with E-state index in [-0.39, 0.29) is 0 Å². The molecule has 0 unspecified atom stereocenters. The third-order valence-corrected chi connectivity index (χ3v) is 3.32. The van der Waals surface area contributed by atoms with E-state index in [1.807, 2.05) is 24.4 Å². The van der Waals surface area contributed by atoms with E-state index in [4.69, 9.17) is 0 Å². The van der Waals surface area contributed by atoms with Crippen molar-refractivity contribution in [1.29, 1.82) is 0 Å². The first kappa shape index (κ1) is 12.4. The zero-order valence-corrected chi connectivity index (χ0v) is 11.4. The summed E-state index contributed by atoms with van der Waals surface area (Å²) in [6.45, 7) is 6.20. The maximum Gasteiger partial charge on any atom is 0.0936 e. The summed E-state index contributed by atoms with van der Waals surface area (Å²) in [7, 11) is 0. The second kappa shape index (κ2) is 5.17. The van der Waals surface area contributed by atoms with Crippen molar-refractivity contribution in [1.82, 2.24) is 4.98 Å². The molecule has 0 fully saturated rings. The number of benzene rings is 2. The molecule has 0 saturated heterocycles. The number of hydrogen-bond acceptors (Lipinski definition) is 2. The minimum absolute atomic E-state index is 0.878. The molecule has 98 valence electrons. The van der Waals surface area contributed by atoms with Crippen molar-refractivity contribution in [2.24, 2.45) is 0 Å². The molecule has 2 aromatic carbocycles. The molecule has 0 atom stereocenters. The summed E-state index contributed by atoms with van der Waals surface area (Å²) in [5, 5.41) is 4.48. The van der Waals surface area contributed by atoms with E-state index in [2.05, 4.69) is 60.2 Å². The lowest BCUT2D eigenvalue weighted by atomic mass is 10.1. The number of anilines is 1. The number of rotatable bonds is 3. The van der Waals surface area contributed by atoms with Gasteiger partial charge in [0.2, 0.25) is 0 Å². The molecule has 0 bridgehead atoms. The Morgan fingerprint density at radius 1 is 1.00 bits per heavy atom. The number of para-hydroxylation sites is 1. The van der Waals surface area contributed by atoms with Crippen LogP contribution in [0.25, 0.3) is 16.6 Å². The van der Waals surface area contributed by atoms with Gasteiger partial charge in [0, 0.05) is 17.3 Å². The van der Waals surface area contributed by atoms with Crippen LogP contribution in [-0.4, -0.2) is 4.98 Å². The van der Waals surface area contributed by atoms with Crippen molar-refractivity contribution in [3.8, 4) is 0 Å². The van der Waals surface area contributed by atoms with Crippen molar-refractivity contribution >= 4 is 22.3 Å². The number of aryl methyl sites for hydroxylation is 1. The third kappa shape index (κ3) is 2.41. The molecule has 3 aromatic rings. The van der Waals surface area contributed by atoms with Crippen LogP contribution in [0.5, 0.6) is 0 Å². The predicted molar refractivity (Wildman–Crippen MR) is 85.6 cm³/mol. The maximum absolute atomic E-state index is 4.44. The second-order valence-corrected chi connectivity index (χ2v) is 4.85. The summed E-state index contributed by atoms with van der Waals surface area (Å²) in [5.74, 6) is 0. The molecule has 1 N–H and O–H groups in total. The molecule has 3 rings (SSSR count). The zero-order chi connectivity index (χ0) is 13.9. The van der Waals surface area contributed by atoms with Gasteiger partial charge in [0.1, 0.15) is 0 Å². The Hall–Kier alpha value is -2.61. The van der Waals surface area contributed by atoms with Gasteiger partial charge in [-0.1, -0.05) is 54.6 Å². The standard InChI is InChI=1S/C18H16N2/c1-13-8-10-15(11-9-13)14(2)20-17-7-3-5-16-6-4-12-19-18(16)17/h3-12,20H,2H2,1H3. The fraction of sp³-hybridized carbons (Fsp3) is 0.0556. The molecule has 2 nitrogen and oxygen atoms in total. The molecule has 0 aliphatic carbocycles. The van der Waals surface area contributed by atoms with Gasteiger partial charge in [0.15, 0.2) is 0 Å². The van der Waals surface area contributed by atoms with Gasteiger partial charge in [-0.25, -0.2) is 0 Å². The first-order chi connectivity index (χ1) is 9.74. The highest BCUT2D eigenvalue weighted by Gasteiger charge is 2.04. The molecule has 2 heteroatoms. The fourth-order valence-corrected chi connectivity index (χ4v) is 2.19. The van der Waals surface area contributed by atoms with Gasteiger partial charge in [-0.05, 0) is 24.6 Å². The van der Waals surface area contributed by atoms with Crippen LogP contribution >= 0.6 is 0 Å². The number of nitrogens with zero attached hydrogens (tertiary/aromatic N) is 1. The smallest absolute Gasteiger partial charge is 0.0936 e.